The number of aryl methyl sites for hydroxylation is 1. The summed E-state index contributed by atoms with van der Waals surface area (Å²) in [5.41, 5.74) is 7.49. The van der Waals surface area contributed by atoms with Gasteiger partial charge in [0.15, 0.2) is 0 Å². The minimum absolute atomic E-state index is 0.0730. The van der Waals surface area contributed by atoms with Crippen LogP contribution in [0.3, 0.4) is 0 Å². The van der Waals surface area contributed by atoms with Gasteiger partial charge in [0.1, 0.15) is 5.82 Å². The number of halogens is 2. The number of nitrogens with zero attached hydrogens (tertiary/aromatic N) is 2. The summed E-state index contributed by atoms with van der Waals surface area (Å²) in [5.74, 6) is -0.456. The molecular formula is C12H13ClFN3. The summed E-state index contributed by atoms with van der Waals surface area (Å²) in [6.07, 6.45) is 1.67. The quantitative estimate of drug-likeness (QED) is 0.914. The first kappa shape index (κ1) is 12.1. The van der Waals surface area contributed by atoms with Gasteiger partial charge in [-0.3, -0.25) is 4.68 Å². The van der Waals surface area contributed by atoms with Crippen LogP contribution in [0.1, 0.15) is 24.2 Å². The molecule has 1 aromatic carbocycles. The molecule has 0 aliphatic heterocycles. The fourth-order valence-electron chi connectivity index (χ4n) is 1.79. The van der Waals surface area contributed by atoms with Gasteiger partial charge in [0.05, 0.1) is 16.8 Å². The summed E-state index contributed by atoms with van der Waals surface area (Å²) >= 11 is 5.92. The second kappa shape index (κ2) is 4.85. The van der Waals surface area contributed by atoms with E-state index >= 15 is 0 Å². The molecule has 0 saturated carbocycles. The Morgan fingerprint density at radius 1 is 1.47 bits per heavy atom. The van der Waals surface area contributed by atoms with Gasteiger partial charge in [-0.25, -0.2) is 4.39 Å². The molecular weight excluding hydrogens is 241 g/mol. The van der Waals surface area contributed by atoms with Crippen molar-refractivity contribution in [1.82, 2.24) is 9.78 Å². The largest absolute Gasteiger partial charge is 0.319 e. The lowest BCUT2D eigenvalue weighted by molar-refractivity contribution is 0.594. The van der Waals surface area contributed by atoms with E-state index in [2.05, 4.69) is 5.10 Å². The number of hydrogen-bond donors (Lipinski definition) is 1. The number of benzene rings is 1. The number of hydrogen-bond acceptors (Lipinski definition) is 2. The molecule has 5 heteroatoms. The highest BCUT2D eigenvalue weighted by Crippen LogP contribution is 2.28. The average molecular weight is 254 g/mol. The summed E-state index contributed by atoms with van der Waals surface area (Å²) in [6.45, 7) is 2.68. The van der Waals surface area contributed by atoms with E-state index in [4.69, 9.17) is 17.3 Å². The molecule has 2 aromatic rings. The Balaban J connectivity index is 2.44. The van der Waals surface area contributed by atoms with E-state index in [1.54, 1.807) is 23.0 Å². The molecule has 0 saturated heterocycles. The third-order valence-electron chi connectivity index (χ3n) is 2.68. The van der Waals surface area contributed by atoms with Crippen molar-refractivity contribution in [1.29, 1.82) is 0 Å². The van der Waals surface area contributed by atoms with Crippen LogP contribution >= 0.6 is 11.6 Å². The molecule has 0 aliphatic rings. The predicted octanol–water partition coefficient (Wildman–Crippen LogP) is 2.74. The average Bonchev–Trinajstić information content (AvgIpc) is 2.80. The van der Waals surface area contributed by atoms with Gasteiger partial charge in [0.2, 0.25) is 0 Å². The highest BCUT2D eigenvalue weighted by Gasteiger charge is 2.17. The van der Waals surface area contributed by atoms with E-state index in [0.29, 0.717) is 12.1 Å². The lowest BCUT2D eigenvalue weighted by Crippen LogP contribution is -2.17. The minimum Gasteiger partial charge on any atom is -0.319 e. The van der Waals surface area contributed by atoms with Crippen LogP contribution in [-0.2, 0) is 6.54 Å². The number of nitrogens with two attached hydrogens (primary N) is 1. The molecule has 0 bridgehead atoms. The van der Waals surface area contributed by atoms with Crippen LogP contribution in [0.5, 0.6) is 0 Å². The molecule has 0 aliphatic carbocycles. The van der Waals surface area contributed by atoms with Crippen molar-refractivity contribution in [3.8, 4) is 0 Å². The molecule has 0 amide bonds. The van der Waals surface area contributed by atoms with Crippen molar-refractivity contribution < 1.29 is 4.39 Å². The Labute approximate surface area is 104 Å². The molecule has 0 fully saturated rings. The van der Waals surface area contributed by atoms with E-state index in [-0.39, 0.29) is 5.02 Å². The van der Waals surface area contributed by atoms with Gasteiger partial charge in [-0.05, 0) is 24.6 Å². The first-order valence-corrected chi connectivity index (χ1v) is 5.74. The summed E-state index contributed by atoms with van der Waals surface area (Å²) in [7, 11) is 0. The fraction of sp³-hybridized carbons (Fsp3) is 0.250. The van der Waals surface area contributed by atoms with Crippen LogP contribution < -0.4 is 5.73 Å². The maximum atomic E-state index is 13.4. The van der Waals surface area contributed by atoms with Crippen LogP contribution in [-0.4, -0.2) is 9.78 Å². The zero-order valence-corrected chi connectivity index (χ0v) is 10.2. The molecule has 1 atom stereocenters. The van der Waals surface area contributed by atoms with Gasteiger partial charge in [0.25, 0.3) is 0 Å². The van der Waals surface area contributed by atoms with Crippen molar-refractivity contribution in [2.45, 2.75) is 19.5 Å². The molecule has 90 valence electrons. The van der Waals surface area contributed by atoms with E-state index in [9.17, 15) is 4.39 Å². The van der Waals surface area contributed by atoms with Gasteiger partial charge < -0.3 is 5.73 Å². The van der Waals surface area contributed by atoms with Crippen LogP contribution in [0.2, 0.25) is 5.02 Å². The Morgan fingerprint density at radius 2 is 2.24 bits per heavy atom. The maximum Gasteiger partial charge on any atom is 0.142 e. The number of rotatable bonds is 3. The van der Waals surface area contributed by atoms with Gasteiger partial charge in [-0.2, -0.15) is 5.10 Å². The van der Waals surface area contributed by atoms with Crippen LogP contribution in [0.25, 0.3) is 0 Å². The first-order chi connectivity index (χ1) is 8.15. The van der Waals surface area contributed by atoms with Crippen molar-refractivity contribution >= 4 is 11.6 Å². The third-order valence-corrected chi connectivity index (χ3v) is 3.08. The van der Waals surface area contributed by atoms with E-state index in [1.165, 1.54) is 6.07 Å². The fourth-order valence-corrected chi connectivity index (χ4v) is 2.03. The van der Waals surface area contributed by atoms with Crippen LogP contribution in [0.4, 0.5) is 4.39 Å². The highest BCUT2D eigenvalue weighted by atomic mass is 35.5. The molecule has 0 spiro atoms. The van der Waals surface area contributed by atoms with E-state index in [0.717, 1.165) is 5.69 Å². The van der Waals surface area contributed by atoms with E-state index < -0.39 is 11.9 Å². The molecule has 1 heterocycles. The topological polar surface area (TPSA) is 43.8 Å². The molecule has 2 N–H and O–H groups in total. The summed E-state index contributed by atoms with van der Waals surface area (Å²) in [6, 6.07) is 5.98. The molecule has 2 rings (SSSR count). The summed E-state index contributed by atoms with van der Waals surface area (Å²) in [5, 5.41) is 4.21. The molecule has 1 unspecified atom stereocenters. The van der Waals surface area contributed by atoms with Crippen LogP contribution in [0.15, 0.2) is 30.5 Å². The zero-order valence-electron chi connectivity index (χ0n) is 9.40. The SMILES string of the molecule is CCn1nccc1C(N)c1cccc(F)c1Cl. The third kappa shape index (κ3) is 2.18. The lowest BCUT2D eigenvalue weighted by atomic mass is 10.0. The zero-order chi connectivity index (χ0) is 12.4. The Kier molecular flexibility index (Phi) is 3.45. The summed E-state index contributed by atoms with van der Waals surface area (Å²) < 4.78 is 15.1. The predicted molar refractivity (Wildman–Crippen MR) is 65.3 cm³/mol. The number of aromatic nitrogens is 2. The Hall–Kier alpha value is -1.39. The monoisotopic (exact) mass is 253 g/mol. The Bertz CT molecular complexity index is 524. The van der Waals surface area contributed by atoms with Crippen LogP contribution in [0, 0.1) is 5.82 Å². The second-order valence-corrected chi connectivity index (χ2v) is 4.07. The van der Waals surface area contributed by atoms with Crippen molar-refractivity contribution in [2.75, 3.05) is 0 Å². The van der Waals surface area contributed by atoms with E-state index in [1.807, 2.05) is 13.0 Å². The maximum absolute atomic E-state index is 13.4. The minimum atomic E-state index is -0.472. The first-order valence-electron chi connectivity index (χ1n) is 5.36. The lowest BCUT2D eigenvalue weighted by Gasteiger charge is -2.15. The molecule has 17 heavy (non-hydrogen) atoms. The molecule has 0 radical (unpaired) electrons. The van der Waals surface area contributed by atoms with Crippen molar-refractivity contribution in [3.05, 3.63) is 52.6 Å². The van der Waals surface area contributed by atoms with Gasteiger partial charge in [0, 0.05) is 12.7 Å². The standard InChI is InChI=1S/C12H13ClFN3/c1-2-17-10(6-7-16-17)12(15)8-4-3-5-9(14)11(8)13/h3-7,12H,2,15H2,1H3. The van der Waals surface area contributed by atoms with Gasteiger partial charge >= 0.3 is 0 Å². The summed E-state index contributed by atoms with van der Waals surface area (Å²) in [4.78, 5) is 0. The molecule has 3 nitrogen and oxygen atoms in total. The molecule has 1 aromatic heterocycles. The Morgan fingerprint density at radius 3 is 2.94 bits per heavy atom. The van der Waals surface area contributed by atoms with Gasteiger partial charge in [-0.1, -0.05) is 23.7 Å². The van der Waals surface area contributed by atoms with Crippen molar-refractivity contribution in [2.24, 2.45) is 5.73 Å². The second-order valence-electron chi connectivity index (χ2n) is 3.69. The highest BCUT2D eigenvalue weighted by molar-refractivity contribution is 6.31. The van der Waals surface area contributed by atoms with Gasteiger partial charge in [-0.15, -0.1) is 0 Å². The van der Waals surface area contributed by atoms with Crippen molar-refractivity contribution in [3.63, 3.8) is 0 Å². The smallest absolute Gasteiger partial charge is 0.142 e. The normalized spacial score (nSPS) is 12.7.